The normalized spacial score (nSPS) is 27.5. The Morgan fingerprint density at radius 3 is 2.75 bits per heavy atom. The van der Waals surface area contributed by atoms with Crippen molar-refractivity contribution in [2.45, 2.75) is 31.9 Å². The number of rotatable bonds is 3. The van der Waals surface area contributed by atoms with Crippen LogP contribution < -0.4 is 10.6 Å². The van der Waals surface area contributed by atoms with E-state index >= 15 is 0 Å². The lowest BCUT2D eigenvalue weighted by Gasteiger charge is -2.35. The zero-order valence-electron chi connectivity index (χ0n) is 7.59. The molecule has 0 radical (unpaired) electrons. The Balaban J connectivity index is 2.06. The lowest BCUT2D eigenvalue weighted by atomic mass is 9.89. The number of thiocarbonyl (C=S) groups is 1. The van der Waals surface area contributed by atoms with Crippen LogP contribution in [0.15, 0.2) is 0 Å². The highest BCUT2D eigenvalue weighted by Crippen LogP contribution is 2.22. The summed E-state index contributed by atoms with van der Waals surface area (Å²) in [5, 5.41) is 7.04. The minimum atomic E-state index is 0.437. The molecule has 0 aromatic rings. The minimum Gasteiger partial charge on any atom is -0.381 e. The van der Waals surface area contributed by atoms with Crippen molar-refractivity contribution in [3.63, 3.8) is 0 Å². The van der Waals surface area contributed by atoms with Crippen molar-refractivity contribution in [3.05, 3.63) is 0 Å². The maximum atomic E-state index is 5.15. The summed E-state index contributed by atoms with van der Waals surface area (Å²) in [7, 11) is 1.75. The van der Waals surface area contributed by atoms with E-state index in [-0.39, 0.29) is 0 Å². The fourth-order valence-electron chi connectivity index (χ4n) is 1.27. The molecule has 1 aliphatic rings. The van der Waals surface area contributed by atoms with Crippen LogP contribution in [-0.4, -0.2) is 30.9 Å². The summed E-state index contributed by atoms with van der Waals surface area (Å²) in [6.45, 7) is 2.92. The van der Waals surface area contributed by atoms with Crippen LogP contribution in [0.2, 0.25) is 0 Å². The molecule has 2 N–H and O–H groups in total. The highest BCUT2D eigenvalue weighted by Gasteiger charge is 2.28. The lowest BCUT2D eigenvalue weighted by Crippen LogP contribution is -2.50. The monoisotopic (exact) mass is 188 g/mol. The first kappa shape index (κ1) is 9.74. The van der Waals surface area contributed by atoms with Crippen molar-refractivity contribution in [3.8, 4) is 0 Å². The van der Waals surface area contributed by atoms with E-state index in [4.69, 9.17) is 17.0 Å². The molecule has 12 heavy (non-hydrogen) atoms. The van der Waals surface area contributed by atoms with Crippen molar-refractivity contribution in [1.29, 1.82) is 0 Å². The van der Waals surface area contributed by atoms with Gasteiger partial charge in [-0.3, -0.25) is 0 Å². The number of hydrogen-bond donors (Lipinski definition) is 2. The highest BCUT2D eigenvalue weighted by molar-refractivity contribution is 7.80. The van der Waals surface area contributed by atoms with Crippen LogP contribution in [0.4, 0.5) is 0 Å². The van der Waals surface area contributed by atoms with Gasteiger partial charge in [0.15, 0.2) is 5.11 Å². The summed E-state index contributed by atoms with van der Waals surface area (Å²) < 4.78 is 5.15. The van der Waals surface area contributed by atoms with Crippen LogP contribution >= 0.6 is 12.2 Å². The molecule has 0 spiro atoms. The molecule has 3 nitrogen and oxygen atoms in total. The predicted molar refractivity (Wildman–Crippen MR) is 53.2 cm³/mol. The third kappa shape index (κ3) is 2.60. The Bertz CT molecular complexity index is 157. The van der Waals surface area contributed by atoms with Gasteiger partial charge in [0.05, 0.1) is 6.10 Å². The second-order valence-corrected chi connectivity index (χ2v) is 3.44. The van der Waals surface area contributed by atoms with E-state index in [1.165, 1.54) is 0 Å². The summed E-state index contributed by atoms with van der Waals surface area (Å²) in [6.07, 6.45) is 2.58. The fourth-order valence-corrected chi connectivity index (χ4v) is 1.58. The summed E-state index contributed by atoms with van der Waals surface area (Å²) >= 11 is 5.04. The fraction of sp³-hybridized carbons (Fsp3) is 0.875. The van der Waals surface area contributed by atoms with Crippen LogP contribution in [0.5, 0.6) is 0 Å². The molecule has 1 fully saturated rings. The first-order chi connectivity index (χ1) is 5.76. The minimum absolute atomic E-state index is 0.437. The van der Waals surface area contributed by atoms with Crippen molar-refractivity contribution in [2.24, 2.45) is 0 Å². The molecule has 0 aromatic heterocycles. The zero-order chi connectivity index (χ0) is 8.97. The lowest BCUT2D eigenvalue weighted by molar-refractivity contribution is 0.0226. The van der Waals surface area contributed by atoms with E-state index in [9.17, 15) is 0 Å². The van der Waals surface area contributed by atoms with Crippen LogP contribution in [0, 0.1) is 0 Å². The van der Waals surface area contributed by atoms with Crippen LogP contribution in [0.3, 0.4) is 0 Å². The number of nitrogens with one attached hydrogen (secondary N) is 2. The summed E-state index contributed by atoms with van der Waals surface area (Å²) in [5.41, 5.74) is 0. The molecule has 0 heterocycles. The van der Waals surface area contributed by atoms with Gasteiger partial charge in [-0.15, -0.1) is 0 Å². The molecule has 0 atom stereocenters. The first-order valence-electron chi connectivity index (χ1n) is 4.33. The third-order valence-electron chi connectivity index (χ3n) is 2.10. The summed E-state index contributed by atoms with van der Waals surface area (Å²) in [6, 6.07) is 0.515. The SMILES string of the molecule is CCNC(=S)NC1CC(OC)C1. The van der Waals surface area contributed by atoms with Gasteiger partial charge in [0.25, 0.3) is 0 Å². The van der Waals surface area contributed by atoms with Crippen molar-refractivity contribution >= 4 is 17.3 Å². The number of hydrogen-bond acceptors (Lipinski definition) is 2. The van der Waals surface area contributed by atoms with Crippen molar-refractivity contribution in [2.75, 3.05) is 13.7 Å². The molecule has 0 unspecified atom stereocenters. The van der Waals surface area contributed by atoms with Crippen molar-refractivity contribution in [1.82, 2.24) is 10.6 Å². The van der Waals surface area contributed by atoms with Gasteiger partial charge in [0, 0.05) is 19.7 Å². The van der Waals surface area contributed by atoms with Crippen molar-refractivity contribution < 1.29 is 4.74 Å². The third-order valence-corrected chi connectivity index (χ3v) is 2.36. The molecule has 0 saturated heterocycles. The molecule has 1 rings (SSSR count). The number of methoxy groups -OCH3 is 1. The van der Waals surface area contributed by atoms with Gasteiger partial charge in [-0.05, 0) is 32.0 Å². The second-order valence-electron chi connectivity index (χ2n) is 3.03. The highest BCUT2D eigenvalue weighted by atomic mass is 32.1. The summed E-state index contributed by atoms with van der Waals surface area (Å²) in [4.78, 5) is 0. The molecule has 0 aliphatic heterocycles. The second kappa shape index (κ2) is 4.62. The van der Waals surface area contributed by atoms with Gasteiger partial charge in [-0.2, -0.15) is 0 Å². The Labute approximate surface area is 78.9 Å². The molecule has 70 valence electrons. The molecular formula is C8H16N2OS. The molecule has 0 amide bonds. The molecule has 4 heteroatoms. The predicted octanol–water partition coefficient (Wildman–Crippen LogP) is 0.648. The van der Waals surface area contributed by atoms with E-state index in [1.54, 1.807) is 7.11 Å². The molecule has 0 bridgehead atoms. The van der Waals surface area contributed by atoms with Gasteiger partial charge >= 0.3 is 0 Å². The van der Waals surface area contributed by atoms with Gasteiger partial charge < -0.3 is 15.4 Å². The van der Waals surface area contributed by atoms with E-state index in [0.717, 1.165) is 24.5 Å². The van der Waals surface area contributed by atoms with Gasteiger partial charge in [-0.1, -0.05) is 0 Å². The summed E-state index contributed by atoms with van der Waals surface area (Å²) in [5.74, 6) is 0. The maximum absolute atomic E-state index is 5.15. The van der Waals surface area contributed by atoms with Crippen LogP contribution in [0.1, 0.15) is 19.8 Å². The topological polar surface area (TPSA) is 33.3 Å². The Kier molecular flexibility index (Phi) is 3.75. The van der Waals surface area contributed by atoms with E-state index < -0.39 is 0 Å². The smallest absolute Gasteiger partial charge is 0.166 e. The van der Waals surface area contributed by atoms with Gasteiger partial charge in [-0.25, -0.2) is 0 Å². The van der Waals surface area contributed by atoms with Crippen LogP contribution in [-0.2, 0) is 4.74 Å². The van der Waals surface area contributed by atoms with E-state index in [1.807, 2.05) is 6.92 Å². The van der Waals surface area contributed by atoms with E-state index in [0.29, 0.717) is 12.1 Å². The Hall–Kier alpha value is -0.350. The van der Waals surface area contributed by atoms with E-state index in [2.05, 4.69) is 10.6 Å². The van der Waals surface area contributed by atoms with Crippen LogP contribution in [0.25, 0.3) is 0 Å². The average molecular weight is 188 g/mol. The molecule has 0 aromatic carbocycles. The molecule has 1 saturated carbocycles. The standard InChI is InChI=1S/C8H16N2OS/c1-3-9-8(12)10-6-4-7(5-6)11-2/h6-7H,3-5H2,1-2H3,(H2,9,10,12). The largest absolute Gasteiger partial charge is 0.381 e. The zero-order valence-corrected chi connectivity index (χ0v) is 8.41. The maximum Gasteiger partial charge on any atom is 0.166 e. The Morgan fingerprint density at radius 2 is 2.25 bits per heavy atom. The molecule has 1 aliphatic carbocycles. The average Bonchev–Trinajstić information content (AvgIpc) is 1.96. The van der Waals surface area contributed by atoms with Gasteiger partial charge in [0.2, 0.25) is 0 Å². The first-order valence-corrected chi connectivity index (χ1v) is 4.74. The molecular weight excluding hydrogens is 172 g/mol. The van der Waals surface area contributed by atoms with Gasteiger partial charge in [0.1, 0.15) is 0 Å². The quantitative estimate of drug-likeness (QED) is 0.637. The number of ether oxygens (including phenoxy) is 1. The Morgan fingerprint density at radius 1 is 1.58 bits per heavy atom.